The molecule has 0 saturated heterocycles. The summed E-state index contributed by atoms with van der Waals surface area (Å²) in [6.07, 6.45) is 4.94. The van der Waals surface area contributed by atoms with Gasteiger partial charge in [0.05, 0.1) is 0 Å². The van der Waals surface area contributed by atoms with Crippen molar-refractivity contribution in [3.8, 4) is 0 Å². The maximum atomic E-state index is 11.2. The monoisotopic (exact) mass is 241 g/mol. The number of nitrogens with one attached hydrogen (secondary N) is 1. The SMILES string of the molecule is CC/C=C/C(=O)CCCNC(=O)OC(C)(C)C. The van der Waals surface area contributed by atoms with E-state index in [0.29, 0.717) is 19.4 Å². The molecule has 0 aromatic rings. The highest BCUT2D eigenvalue weighted by Gasteiger charge is 2.15. The van der Waals surface area contributed by atoms with Gasteiger partial charge in [-0.25, -0.2) is 4.79 Å². The standard InChI is InChI=1S/C13H23NO3/c1-5-6-8-11(15)9-7-10-14-12(16)17-13(2,3)4/h6,8H,5,7,9-10H2,1-4H3,(H,14,16)/b8-6+. The molecule has 0 aliphatic carbocycles. The minimum absolute atomic E-state index is 0.0952. The fourth-order valence-electron chi connectivity index (χ4n) is 1.10. The van der Waals surface area contributed by atoms with E-state index in [1.807, 2.05) is 33.8 Å². The van der Waals surface area contributed by atoms with E-state index in [9.17, 15) is 9.59 Å². The van der Waals surface area contributed by atoms with Crippen LogP contribution in [0.3, 0.4) is 0 Å². The van der Waals surface area contributed by atoms with Crippen molar-refractivity contribution in [2.75, 3.05) is 6.54 Å². The van der Waals surface area contributed by atoms with Crippen molar-refractivity contribution in [3.63, 3.8) is 0 Å². The normalized spacial score (nSPS) is 11.5. The van der Waals surface area contributed by atoms with Crippen LogP contribution in [0.1, 0.15) is 47.0 Å². The third kappa shape index (κ3) is 11.0. The zero-order valence-electron chi connectivity index (χ0n) is 11.2. The summed E-state index contributed by atoms with van der Waals surface area (Å²) in [5, 5.41) is 2.61. The van der Waals surface area contributed by atoms with Crippen molar-refractivity contribution >= 4 is 11.9 Å². The van der Waals surface area contributed by atoms with E-state index in [2.05, 4.69) is 5.32 Å². The minimum atomic E-state index is -0.482. The largest absolute Gasteiger partial charge is 0.444 e. The Hall–Kier alpha value is -1.32. The molecule has 0 aromatic heterocycles. The van der Waals surface area contributed by atoms with E-state index in [-0.39, 0.29) is 5.78 Å². The molecule has 0 atom stereocenters. The molecule has 0 aliphatic rings. The topological polar surface area (TPSA) is 55.4 Å². The maximum absolute atomic E-state index is 11.2. The van der Waals surface area contributed by atoms with E-state index >= 15 is 0 Å². The Labute approximate surface area is 103 Å². The molecular formula is C13H23NO3. The Morgan fingerprint density at radius 1 is 1.29 bits per heavy atom. The van der Waals surface area contributed by atoms with Gasteiger partial charge in [0.15, 0.2) is 5.78 Å². The van der Waals surface area contributed by atoms with Gasteiger partial charge in [-0.2, -0.15) is 0 Å². The van der Waals surface area contributed by atoms with Gasteiger partial charge < -0.3 is 10.1 Å². The molecule has 0 aromatic carbocycles. The van der Waals surface area contributed by atoms with Crippen LogP contribution in [0.2, 0.25) is 0 Å². The lowest BCUT2D eigenvalue weighted by Gasteiger charge is -2.19. The summed E-state index contributed by atoms with van der Waals surface area (Å²) < 4.78 is 5.06. The van der Waals surface area contributed by atoms with Gasteiger partial charge in [0.1, 0.15) is 5.60 Å². The second kappa shape index (κ2) is 7.87. The molecule has 1 N–H and O–H groups in total. The molecule has 0 aliphatic heterocycles. The van der Waals surface area contributed by atoms with Crippen LogP contribution < -0.4 is 5.32 Å². The van der Waals surface area contributed by atoms with Crippen LogP contribution in [0.4, 0.5) is 4.79 Å². The molecule has 4 nitrogen and oxygen atoms in total. The molecule has 0 spiro atoms. The predicted molar refractivity (Wildman–Crippen MR) is 67.9 cm³/mol. The predicted octanol–water partition coefficient (Wildman–Crippen LogP) is 2.83. The van der Waals surface area contributed by atoms with E-state index in [1.165, 1.54) is 0 Å². The van der Waals surface area contributed by atoms with Crippen LogP contribution in [-0.2, 0) is 9.53 Å². The average molecular weight is 241 g/mol. The molecule has 1 amide bonds. The van der Waals surface area contributed by atoms with Crippen molar-refractivity contribution in [2.24, 2.45) is 0 Å². The van der Waals surface area contributed by atoms with Crippen molar-refractivity contribution in [2.45, 2.75) is 52.6 Å². The van der Waals surface area contributed by atoms with Crippen molar-refractivity contribution in [1.29, 1.82) is 0 Å². The van der Waals surface area contributed by atoms with Crippen LogP contribution in [0.5, 0.6) is 0 Å². The number of hydrogen-bond donors (Lipinski definition) is 1. The van der Waals surface area contributed by atoms with Gasteiger partial charge in [-0.15, -0.1) is 0 Å². The van der Waals surface area contributed by atoms with E-state index in [1.54, 1.807) is 6.08 Å². The van der Waals surface area contributed by atoms with Crippen molar-refractivity contribution in [1.82, 2.24) is 5.32 Å². The van der Waals surface area contributed by atoms with Crippen molar-refractivity contribution in [3.05, 3.63) is 12.2 Å². The lowest BCUT2D eigenvalue weighted by atomic mass is 10.2. The molecular weight excluding hydrogens is 218 g/mol. The van der Waals surface area contributed by atoms with Crippen LogP contribution >= 0.6 is 0 Å². The summed E-state index contributed by atoms with van der Waals surface area (Å²) in [4.78, 5) is 22.5. The van der Waals surface area contributed by atoms with Gasteiger partial charge in [-0.1, -0.05) is 13.0 Å². The van der Waals surface area contributed by atoms with Crippen LogP contribution in [0.25, 0.3) is 0 Å². The molecule has 0 rings (SSSR count). The summed E-state index contributed by atoms with van der Waals surface area (Å²) in [6.45, 7) is 7.87. The fourth-order valence-corrected chi connectivity index (χ4v) is 1.10. The molecule has 0 unspecified atom stereocenters. The van der Waals surface area contributed by atoms with Crippen LogP contribution in [-0.4, -0.2) is 24.0 Å². The first-order chi connectivity index (χ1) is 7.85. The van der Waals surface area contributed by atoms with Gasteiger partial charge in [0.25, 0.3) is 0 Å². The highest BCUT2D eigenvalue weighted by molar-refractivity contribution is 5.89. The zero-order valence-corrected chi connectivity index (χ0v) is 11.2. The Bertz CT molecular complexity index is 277. The number of rotatable bonds is 6. The lowest BCUT2D eigenvalue weighted by molar-refractivity contribution is -0.114. The Balaban J connectivity index is 3.61. The average Bonchev–Trinajstić information content (AvgIpc) is 2.19. The summed E-state index contributed by atoms with van der Waals surface area (Å²) in [5.41, 5.74) is -0.482. The highest BCUT2D eigenvalue weighted by Crippen LogP contribution is 2.06. The molecule has 4 heteroatoms. The molecule has 0 heterocycles. The lowest BCUT2D eigenvalue weighted by Crippen LogP contribution is -2.33. The summed E-state index contributed by atoms with van der Waals surface area (Å²) >= 11 is 0. The number of alkyl carbamates (subject to hydrolysis) is 1. The summed E-state index contributed by atoms with van der Waals surface area (Å²) in [5.74, 6) is 0.0952. The first-order valence-corrected chi connectivity index (χ1v) is 6.01. The molecule has 0 radical (unpaired) electrons. The third-order valence-electron chi connectivity index (χ3n) is 1.81. The number of carbonyl (C=O) groups is 2. The van der Waals surface area contributed by atoms with Gasteiger partial charge >= 0.3 is 6.09 Å². The fraction of sp³-hybridized carbons (Fsp3) is 0.692. The minimum Gasteiger partial charge on any atom is -0.444 e. The first kappa shape index (κ1) is 15.7. The summed E-state index contributed by atoms with van der Waals surface area (Å²) in [6, 6.07) is 0. The number of ether oxygens (including phenoxy) is 1. The second-order valence-electron chi connectivity index (χ2n) is 4.81. The molecule has 98 valence electrons. The van der Waals surface area contributed by atoms with E-state index in [0.717, 1.165) is 6.42 Å². The van der Waals surface area contributed by atoms with Gasteiger partial charge in [-0.3, -0.25) is 4.79 Å². The van der Waals surface area contributed by atoms with Crippen LogP contribution in [0, 0.1) is 0 Å². The van der Waals surface area contributed by atoms with Gasteiger partial charge in [0, 0.05) is 13.0 Å². The zero-order chi connectivity index (χ0) is 13.3. The van der Waals surface area contributed by atoms with Gasteiger partial charge in [-0.05, 0) is 39.7 Å². The summed E-state index contributed by atoms with van der Waals surface area (Å²) in [7, 11) is 0. The van der Waals surface area contributed by atoms with Crippen molar-refractivity contribution < 1.29 is 14.3 Å². The molecule has 0 saturated carbocycles. The number of hydrogen-bond acceptors (Lipinski definition) is 3. The highest BCUT2D eigenvalue weighted by atomic mass is 16.6. The Morgan fingerprint density at radius 3 is 2.47 bits per heavy atom. The van der Waals surface area contributed by atoms with Gasteiger partial charge in [0.2, 0.25) is 0 Å². The quantitative estimate of drug-likeness (QED) is 0.574. The second-order valence-corrected chi connectivity index (χ2v) is 4.81. The Kier molecular flexibility index (Phi) is 7.26. The Morgan fingerprint density at radius 2 is 1.94 bits per heavy atom. The third-order valence-corrected chi connectivity index (χ3v) is 1.81. The van der Waals surface area contributed by atoms with Crippen LogP contribution in [0.15, 0.2) is 12.2 Å². The number of allylic oxidation sites excluding steroid dienone is 2. The number of carbonyl (C=O) groups excluding carboxylic acids is 2. The molecule has 0 fully saturated rings. The first-order valence-electron chi connectivity index (χ1n) is 6.01. The number of ketones is 1. The molecule has 0 bridgehead atoms. The smallest absolute Gasteiger partial charge is 0.407 e. The number of amides is 1. The maximum Gasteiger partial charge on any atom is 0.407 e. The molecule has 17 heavy (non-hydrogen) atoms. The van der Waals surface area contributed by atoms with E-state index < -0.39 is 11.7 Å². The van der Waals surface area contributed by atoms with E-state index in [4.69, 9.17) is 4.74 Å².